The molecule has 2 aromatic carbocycles. The SMILES string of the molecule is Cc1cccc(C(=O)C=Cc2ccccc2)c1. The molecule has 1 heteroatoms. The lowest BCUT2D eigenvalue weighted by molar-refractivity contribution is 0.104. The monoisotopic (exact) mass is 222 g/mol. The van der Waals surface area contributed by atoms with Crippen molar-refractivity contribution in [2.24, 2.45) is 0 Å². The number of ketones is 1. The second-order valence-electron chi connectivity index (χ2n) is 3.98. The maximum atomic E-state index is 11.9. The first kappa shape index (κ1) is 11.3. The van der Waals surface area contributed by atoms with E-state index >= 15 is 0 Å². The van der Waals surface area contributed by atoms with Crippen molar-refractivity contribution in [2.75, 3.05) is 0 Å². The molecule has 0 saturated heterocycles. The average Bonchev–Trinajstić information content (AvgIpc) is 2.37. The summed E-state index contributed by atoms with van der Waals surface area (Å²) in [6, 6.07) is 17.4. The Labute approximate surface area is 101 Å². The Hall–Kier alpha value is -2.15. The number of aryl methyl sites for hydroxylation is 1. The summed E-state index contributed by atoms with van der Waals surface area (Å²) in [6.45, 7) is 1.98. The molecule has 0 amide bonds. The summed E-state index contributed by atoms with van der Waals surface area (Å²) < 4.78 is 0. The third-order valence-electron chi connectivity index (χ3n) is 2.53. The molecule has 0 radical (unpaired) electrons. The largest absolute Gasteiger partial charge is 0.289 e. The number of rotatable bonds is 3. The number of allylic oxidation sites excluding steroid dienone is 1. The van der Waals surface area contributed by atoms with Crippen LogP contribution in [0.25, 0.3) is 6.08 Å². The van der Waals surface area contributed by atoms with Gasteiger partial charge < -0.3 is 0 Å². The van der Waals surface area contributed by atoms with Gasteiger partial charge in [-0.25, -0.2) is 0 Å². The van der Waals surface area contributed by atoms with Crippen LogP contribution in [0.4, 0.5) is 0 Å². The number of hydrogen-bond acceptors (Lipinski definition) is 1. The van der Waals surface area contributed by atoms with E-state index < -0.39 is 0 Å². The van der Waals surface area contributed by atoms with Gasteiger partial charge in [-0.05, 0) is 24.6 Å². The highest BCUT2D eigenvalue weighted by Gasteiger charge is 2.00. The summed E-state index contributed by atoms with van der Waals surface area (Å²) in [5.74, 6) is 0.0394. The maximum Gasteiger partial charge on any atom is 0.185 e. The van der Waals surface area contributed by atoms with E-state index in [0.29, 0.717) is 0 Å². The van der Waals surface area contributed by atoms with Gasteiger partial charge in [-0.3, -0.25) is 4.79 Å². The van der Waals surface area contributed by atoms with Crippen molar-refractivity contribution in [3.05, 3.63) is 77.4 Å². The zero-order chi connectivity index (χ0) is 12.1. The molecule has 17 heavy (non-hydrogen) atoms. The average molecular weight is 222 g/mol. The molecular weight excluding hydrogens is 208 g/mol. The summed E-state index contributed by atoms with van der Waals surface area (Å²) in [6.07, 6.45) is 3.45. The van der Waals surface area contributed by atoms with Gasteiger partial charge in [0.25, 0.3) is 0 Å². The zero-order valence-corrected chi connectivity index (χ0v) is 9.76. The minimum absolute atomic E-state index is 0.0394. The second kappa shape index (κ2) is 5.26. The summed E-state index contributed by atoms with van der Waals surface area (Å²) in [4.78, 5) is 11.9. The van der Waals surface area contributed by atoms with Gasteiger partial charge in [-0.15, -0.1) is 0 Å². The van der Waals surface area contributed by atoms with Crippen molar-refractivity contribution < 1.29 is 4.79 Å². The predicted octanol–water partition coefficient (Wildman–Crippen LogP) is 3.89. The molecule has 0 fully saturated rings. The normalized spacial score (nSPS) is 10.6. The fraction of sp³-hybridized carbons (Fsp3) is 0.0625. The topological polar surface area (TPSA) is 17.1 Å². The van der Waals surface area contributed by atoms with Crippen molar-refractivity contribution in [1.82, 2.24) is 0 Å². The van der Waals surface area contributed by atoms with Crippen LogP contribution < -0.4 is 0 Å². The Bertz CT molecular complexity index is 538. The summed E-state index contributed by atoms with van der Waals surface area (Å²) in [7, 11) is 0. The fourth-order valence-electron chi connectivity index (χ4n) is 1.63. The standard InChI is InChI=1S/C16H14O/c1-13-6-5-9-15(12-13)16(17)11-10-14-7-3-2-4-8-14/h2-12H,1H3. The Balaban J connectivity index is 2.15. The van der Waals surface area contributed by atoms with E-state index in [4.69, 9.17) is 0 Å². The van der Waals surface area contributed by atoms with Crippen LogP contribution in [0.15, 0.2) is 60.7 Å². The highest BCUT2D eigenvalue weighted by molar-refractivity contribution is 6.06. The molecule has 0 aliphatic rings. The molecule has 1 nitrogen and oxygen atoms in total. The van der Waals surface area contributed by atoms with Crippen LogP contribution >= 0.6 is 0 Å². The van der Waals surface area contributed by atoms with E-state index in [1.165, 1.54) is 0 Å². The van der Waals surface area contributed by atoms with E-state index in [2.05, 4.69) is 0 Å². The molecule has 84 valence electrons. The van der Waals surface area contributed by atoms with Gasteiger partial charge in [0.2, 0.25) is 0 Å². The van der Waals surface area contributed by atoms with Crippen LogP contribution in [0.3, 0.4) is 0 Å². The first-order valence-corrected chi connectivity index (χ1v) is 5.60. The lowest BCUT2D eigenvalue weighted by Crippen LogP contribution is -1.94. The molecular formula is C16H14O. The molecule has 0 unspecified atom stereocenters. The Morgan fingerprint density at radius 2 is 1.76 bits per heavy atom. The van der Waals surface area contributed by atoms with Crippen LogP contribution in [-0.2, 0) is 0 Å². The molecule has 0 bridgehead atoms. The lowest BCUT2D eigenvalue weighted by atomic mass is 10.1. The van der Waals surface area contributed by atoms with Crippen molar-refractivity contribution in [3.63, 3.8) is 0 Å². The summed E-state index contributed by atoms with van der Waals surface area (Å²) in [5, 5.41) is 0. The first-order chi connectivity index (χ1) is 8.25. The maximum absolute atomic E-state index is 11.9. The lowest BCUT2D eigenvalue weighted by Gasteiger charge is -1.97. The predicted molar refractivity (Wildman–Crippen MR) is 71.0 cm³/mol. The number of hydrogen-bond donors (Lipinski definition) is 0. The van der Waals surface area contributed by atoms with Crippen molar-refractivity contribution in [3.8, 4) is 0 Å². The van der Waals surface area contributed by atoms with Crippen LogP contribution in [0.5, 0.6) is 0 Å². The zero-order valence-electron chi connectivity index (χ0n) is 9.76. The minimum atomic E-state index is 0.0394. The molecule has 2 aromatic rings. The molecule has 0 heterocycles. The third kappa shape index (κ3) is 3.15. The number of benzene rings is 2. The smallest absolute Gasteiger partial charge is 0.185 e. The van der Waals surface area contributed by atoms with Gasteiger partial charge in [-0.2, -0.15) is 0 Å². The van der Waals surface area contributed by atoms with E-state index in [0.717, 1.165) is 16.7 Å². The number of carbonyl (C=O) groups is 1. The summed E-state index contributed by atoms with van der Waals surface area (Å²) >= 11 is 0. The third-order valence-corrected chi connectivity index (χ3v) is 2.53. The van der Waals surface area contributed by atoms with Crippen molar-refractivity contribution in [1.29, 1.82) is 0 Å². The van der Waals surface area contributed by atoms with E-state index in [1.807, 2.05) is 67.6 Å². The van der Waals surface area contributed by atoms with Gasteiger partial charge >= 0.3 is 0 Å². The van der Waals surface area contributed by atoms with E-state index in [9.17, 15) is 4.79 Å². The molecule has 0 aromatic heterocycles. The Morgan fingerprint density at radius 3 is 2.47 bits per heavy atom. The fourth-order valence-corrected chi connectivity index (χ4v) is 1.63. The molecule has 0 saturated carbocycles. The van der Waals surface area contributed by atoms with Gasteiger partial charge in [0.1, 0.15) is 0 Å². The Morgan fingerprint density at radius 1 is 1.00 bits per heavy atom. The van der Waals surface area contributed by atoms with E-state index in [-0.39, 0.29) is 5.78 Å². The molecule has 0 N–H and O–H groups in total. The molecule has 0 atom stereocenters. The van der Waals surface area contributed by atoms with Crippen molar-refractivity contribution in [2.45, 2.75) is 6.92 Å². The highest BCUT2D eigenvalue weighted by atomic mass is 16.1. The van der Waals surface area contributed by atoms with Crippen LogP contribution in [-0.4, -0.2) is 5.78 Å². The Kier molecular flexibility index (Phi) is 3.51. The first-order valence-electron chi connectivity index (χ1n) is 5.60. The van der Waals surface area contributed by atoms with Gasteiger partial charge in [-0.1, -0.05) is 60.2 Å². The quantitative estimate of drug-likeness (QED) is 0.568. The second-order valence-corrected chi connectivity index (χ2v) is 3.98. The summed E-state index contributed by atoms with van der Waals surface area (Å²) in [5.41, 5.74) is 2.87. The van der Waals surface area contributed by atoms with Gasteiger partial charge in [0.15, 0.2) is 5.78 Å². The molecule has 0 aliphatic heterocycles. The number of carbonyl (C=O) groups excluding carboxylic acids is 1. The van der Waals surface area contributed by atoms with Gasteiger partial charge in [0.05, 0.1) is 0 Å². The molecule has 0 aliphatic carbocycles. The van der Waals surface area contributed by atoms with Crippen LogP contribution in [0.2, 0.25) is 0 Å². The minimum Gasteiger partial charge on any atom is -0.289 e. The van der Waals surface area contributed by atoms with Crippen molar-refractivity contribution >= 4 is 11.9 Å². The van der Waals surface area contributed by atoms with Gasteiger partial charge in [0, 0.05) is 5.56 Å². The highest BCUT2D eigenvalue weighted by Crippen LogP contribution is 2.07. The van der Waals surface area contributed by atoms with Crippen LogP contribution in [0.1, 0.15) is 21.5 Å². The van der Waals surface area contributed by atoms with E-state index in [1.54, 1.807) is 6.08 Å². The molecule has 2 rings (SSSR count). The molecule has 0 spiro atoms. The van der Waals surface area contributed by atoms with Crippen LogP contribution in [0, 0.1) is 6.92 Å².